The fourth-order valence-electron chi connectivity index (χ4n) is 3.29. The molecule has 0 unspecified atom stereocenters. The van der Waals surface area contributed by atoms with Crippen LogP contribution >= 0.6 is 0 Å². The van der Waals surface area contributed by atoms with Gasteiger partial charge in [-0.2, -0.15) is 5.10 Å². The number of benzene rings is 3. The number of non-ortho nitro benzene ring substituents is 1. The first-order valence-electron chi connectivity index (χ1n) is 11.1. The zero-order chi connectivity index (χ0) is 25.4. The number of ether oxygens (including phenoxy) is 2. The van der Waals surface area contributed by atoms with Crippen molar-refractivity contribution in [3.63, 3.8) is 0 Å². The number of carbonyl (C=O) groups excluding carboxylic acids is 1. The van der Waals surface area contributed by atoms with Gasteiger partial charge in [-0.15, -0.1) is 0 Å². The van der Waals surface area contributed by atoms with E-state index >= 15 is 0 Å². The molecule has 0 aliphatic rings. The Morgan fingerprint density at radius 3 is 2.26 bits per heavy atom. The highest BCUT2D eigenvalue weighted by molar-refractivity contribution is 5.84. The van der Waals surface area contributed by atoms with E-state index in [-0.39, 0.29) is 30.0 Å². The number of carbonyl (C=O) groups is 1. The molecule has 3 aromatic carbocycles. The van der Waals surface area contributed by atoms with Crippen molar-refractivity contribution in [2.24, 2.45) is 5.10 Å². The summed E-state index contributed by atoms with van der Waals surface area (Å²) in [5, 5.41) is 14.8. The van der Waals surface area contributed by atoms with Crippen LogP contribution in [0.4, 0.5) is 5.69 Å². The Balaban J connectivity index is 1.54. The van der Waals surface area contributed by atoms with Crippen LogP contribution < -0.4 is 14.9 Å². The van der Waals surface area contributed by atoms with Gasteiger partial charge in [0.15, 0.2) is 11.5 Å². The van der Waals surface area contributed by atoms with Crippen molar-refractivity contribution < 1.29 is 19.2 Å². The lowest BCUT2D eigenvalue weighted by atomic mass is 9.86. The van der Waals surface area contributed by atoms with Gasteiger partial charge < -0.3 is 9.47 Å². The van der Waals surface area contributed by atoms with Crippen LogP contribution in [-0.2, 0) is 23.2 Å². The maximum Gasteiger partial charge on any atom is 0.269 e. The lowest BCUT2D eigenvalue weighted by molar-refractivity contribution is -0.384. The van der Waals surface area contributed by atoms with Crippen molar-refractivity contribution in [2.75, 3.05) is 7.11 Å². The summed E-state index contributed by atoms with van der Waals surface area (Å²) < 4.78 is 11.2. The van der Waals surface area contributed by atoms with Crippen molar-refractivity contribution in [2.45, 2.75) is 39.2 Å². The van der Waals surface area contributed by atoms with E-state index in [4.69, 9.17) is 9.47 Å². The molecule has 0 saturated heterocycles. The van der Waals surface area contributed by atoms with Gasteiger partial charge in [-0.3, -0.25) is 14.9 Å². The summed E-state index contributed by atoms with van der Waals surface area (Å²) in [4.78, 5) is 22.6. The molecule has 0 aliphatic carbocycles. The molecule has 0 aliphatic heterocycles. The van der Waals surface area contributed by atoms with Crippen molar-refractivity contribution >= 4 is 17.8 Å². The SMILES string of the molecule is COc1cc(/C=N\NC(=O)Cc2ccc(C(C)(C)C)cc2)ccc1OCc1ccc([N+](=O)[O-])cc1. The van der Waals surface area contributed by atoms with E-state index in [1.807, 2.05) is 24.3 Å². The van der Waals surface area contributed by atoms with Gasteiger partial charge in [0.25, 0.3) is 5.69 Å². The summed E-state index contributed by atoms with van der Waals surface area (Å²) in [5.41, 5.74) is 6.29. The number of hydrazone groups is 1. The molecule has 0 radical (unpaired) electrons. The lowest BCUT2D eigenvalue weighted by Crippen LogP contribution is -2.20. The van der Waals surface area contributed by atoms with Crippen molar-refractivity contribution in [3.8, 4) is 11.5 Å². The molecule has 35 heavy (non-hydrogen) atoms. The summed E-state index contributed by atoms with van der Waals surface area (Å²) in [6.07, 6.45) is 1.77. The highest BCUT2D eigenvalue weighted by Crippen LogP contribution is 2.28. The summed E-state index contributed by atoms with van der Waals surface area (Å²) in [6.45, 7) is 6.68. The molecule has 0 bridgehead atoms. The fraction of sp³-hybridized carbons (Fsp3) is 0.259. The van der Waals surface area contributed by atoms with Crippen molar-refractivity contribution in [3.05, 3.63) is 99.1 Å². The number of hydrogen-bond acceptors (Lipinski definition) is 6. The van der Waals surface area contributed by atoms with Gasteiger partial charge in [-0.05, 0) is 58.0 Å². The Labute approximate surface area is 204 Å². The number of rotatable bonds is 9. The predicted molar refractivity (Wildman–Crippen MR) is 135 cm³/mol. The molecule has 8 heteroatoms. The van der Waals surface area contributed by atoms with E-state index in [1.165, 1.54) is 31.0 Å². The monoisotopic (exact) mass is 475 g/mol. The second-order valence-corrected chi connectivity index (χ2v) is 9.04. The first-order chi connectivity index (χ1) is 16.7. The largest absolute Gasteiger partial charge is 0.493 e. The number of nitro groups is 1. The van der Waals surface area contributed by atoms with E-state index in [1.54, 1.807) is 30.3 Å². The Morgan fingerprint density at radius 2 is 1.66 bits per heavy atom. The van der Waals surface area contributed by atoms with Gasteiger partial charge in [0, 0.05) is 12.1 Å². The zero-order valence-electron chi connectivity index (χ0n) is 20.3. The average Bonchev–Trinajstić information content (AvgIpc) is 2.83. The van der Waals surface area contributed by atoms with Gasteiger partial charge in [0.2, 0.25) is 5.91 Å². The van der Waals surface area contributed by atoms with Gasteiger partial charge in [0.05, 0.1) is 24.7 Å². The first-order valence-corrected chi connectivity index (χ1v) is 11.1. The minimum absolute atomic E-state index is 0.0282. The number of hydrogen-bond donors (Lipinski definition) is 1. The molecule has 3 rings (SSSR count). The molecule has 0 heterocycles. The molecule has 1 N–H and O–H groups in total. The number of nitrogens with zero attached hydrogens (tertiary/aromatic N) is 2. The summed E-state index contributed by atoms with van der Waals surface area (Å²) >= 11 is 0. The third-order valence-corrected chi connectivity index (χ3v) is 5.32. The van der Waals surface area contributed by atoms with Crippen LogP contribution in [0.5, 0.6) is 11.5 Å². The molecule has 0 spiro atoms. The molecule has 0 saturated carbocycles. The fourth-order valence-corrected chi connectivity index (χ4v) is 3.29. The van der Waals surface area contributed by atoms with Crippen LogP contribution in [-0.4, -0.2) is 24.2 Å². The van der Waals surface area contributed by atoms with Crippen molar-refractivity contribution in [1.82, 2.24) is 5.43 Å². The standard InChI is InChI=1S/C27H29N3O5/c1-27(2,3)22-10-5-19(6-11-22)16-26(31)29-28-17-21-9-14-24(25(15-21)34-4)35-18-20-7-12-23(13-8-20)30(32)33/h5-15,17H,16,18H2,1-4H3,(H,29,31)/b28-17-. The molecule has 0 atom stereocenters. The second kappa shape index (κ2) is 11.3. The normalized spacial score (nSPS) is 11.3. The van der Waals surface area contributed by atoms with E-state index in [9.17, 15) is 14.9 Å². The van der Waals surface area contributed by atoms with E-state index < -0.39 is 4.92 Å². The second-order valence-electron chi connectivity index (χ2n) is 9.04. The summed E-state index contributed by atoms with van der Waals surface area (Å²) in [6, 6.07) is 19.4. The predicted octanol–water partition coefficient (Wildman–Crippen LogP) is 5.17. The van der Waals surface area contributed by atoms with Crippen LogP contribution in [0.3, 0.4) is 0 Å². The van der Waals surface area contributed by atoms with Crippen LogP contribution in [0, 0.1) is 10.1 Å². The Morgan fingerprint density at radius 1 is 1.00 bits per heavy atom. The molecular weight excluding hydrogens is 446 g/mol. The Hall–Kier alpha value is -4.20. The molecule has 1 amide bonds. The number of methoxy groups -OCH3 is 1. The van der Waals surface area contributed by atoms with E-state index in [0.717, 1.165) is 16.7 Å². The molecule has 0 fully saturated rings. The van der Waals surface area contributed by atoms with Crippen LogP contribution in [0.25, 0.3) is 0 Å². The lowest BCUT2D eigenvalue weighted by Gasteiger charge is -2.19. The van der Waals surface area contributed by atoms with Crippen LogP contribution in [0.15, 0.2) is 71.8 Å². The topological polar surface area (TPSA) is 103 Å². The smallest absolute Gasteiger partial charge is 0.269 e. The quantitative estimate of drug-likeness (QED) is 0.261. The van der Waals surface area contributed by atoms with Gasteiger partial charge in [0.1, 0.15) is 6.61 Å². The highest BCUT2D eigenvalue weighted by Gasteiger charge is 2.13. The van der Waals surface area contributed by atoms with E-state index in [0.29, 0.717) is 11.5 Å². The van der Waals surface area contributed by atoms with Crippen LogP contribution in [0.2, 0.25) is 0 Å². The number of nitro benzene ring substituents is 1. The van der Waals surface area contributed by atoms with Crippen LogP contribution in [0.1, 0.15) is 43.0 Å². The van der Waals surface area contributed by atoms with Gasteiger partial charge in [-0.25, -0.2) is 5.43 Å². The van der Waals surface area contributed by atoms with Crippen molar-refractivity contribution in [1.29, 1.82) is 0 Å². The Bertz CT molecular complexity index is 1200. The van der Waals surface area contributed by atoms with E-state index in [2.05, 4.69) is 31.3 Å². The Kier molecular flexibility index (Phi) is 8.20. The molecular formula is C27H29N3O5. The molecule has 8 nitrogen and oxygen atoms in total. The average molecular weight is 476 g/mol. The molecule has 0 aromatic heterocycles. The van der Waals surface area contributed by atoms with Gasteiger partial charge >= 0.3 is 0 Å². The number of amides is 1. The summed E-state index contributed by atoms with van der Waals surface area (Å²) in [7, 11) is 1.53. The number of nitrogens with one attached hydrogen (secondary N) is 1. The minimum atomic E-state index is -0.444. The van der Waals surface area contributed by atoms with Gasteiger partial charge in [-0.1, -0.05) is 45.0 Å². The third kappa shape index (κ3) is 7.40. The maximum absolute atomic E-state index is 12.2. The third-order valence-electron chi connectivity index (χ3n) is 5.32. The maximum atomic E-state index is 12.2. The minimum Gasteiger partial charge on any atom is -0.493 e. The zero-order valence-corrected chi connectivity index (χ0v) is 20.3. The first kappa shape index (κ1) is 25.4. The highest BCUT2D eigenvalue weighted by atomic mass is 16.6. The molecule has 182 valence electrons. The summed E-state index contributed by atoms with van der Waals surface area (Å²) in [5.74, 6) is 0.812. The molecule has 3 aromatic rings.